The van der Waals surface area contributed by atoms with Crippen LogP contribution >= 0.6 is 0 Å². The lowest BCUT2D eigenvalue weighted by atomic mass is 10.1. The lowest BCUT2D eigenvalue weighted by Gasteiger charge is -2.09. The van der Waals surface area contributed by atoms with Gasteiger partial charge in [0.25, 0.3) is 0 Å². The van der Waals surface area contributed by atoms with Gasteiger partial charge in [0.2, 0.25) is 0 Å². The van der Waals surface area contributed by atoms with Gasteiger partial charge in [-0.15, -0.1) is 0 Å². The highest BCUT2D eigenvalue weighted by atomic mass is 19.4. The van der Waals surface area contributed by atoms with Crippen molar-refractivity contribution in [3.05, 3.63) is 71.9 Å². The van der Waals surface area contributed by atoms with Crippen LogP contribution in [0.4, 0.5) is 13.2 Å². The number of alkyl halides is 3. The molecule has 0 saturated heterocycles. The van der Waals surface area contributed by atoms with E-state index in [1.54, 1.807) is 0 Å². The van der Waals surface area contributed by atoms with Crippen molar-refractivity contribution in [2.45, 2.75) is 12.7 Å². The summed E-state index contributed by atoms with van der Waals surface area (Å²) in [6.07, 6.45) is -2.46. The van der Waals surface area contributed by atoms with Crippen LogP contribution in [0.3, 0.4) is 0 Å². The van der Waals surface area contributed by atoms with Gasteiger partial charge >= 0.3 is 6.18 Å². The normalized spacial score (nSPS) is 11.9. The lowest BCUT2D eigenvalue weighted by molar-refractivity contribution is -0.137. The van der Waals surface area contributed by atoms with E-state index in [0.29, 0.717) is 6.54 Å². The van der Waals surface area contributed by atoms with Gasteiger partial charge in [-0.3, -0.25) is 0 Å². The van der Waals surface area contributed by atoms with Gasteiger partial charge in [-0.2, -0.15) is 13.2 Å². The topological polar surface area (TPSA) is 4.93 Å². The molecule has 0 aliphatic heterocycles. The van der Waals surface area contributed by atoms with E-state index in [-0.39, 0.29) is 0 Å². The average molecular weight is 274 g/mol. The highest BCUT2D eigenvalue weighted by Gasteiger charge is 2.29. The van der Waals surface area contributed by atoms with Gasteiger partial charge in [-0.25, -0.2) is 0 Å². The largest absolute Gasteiger partial charge is 0.416 e. The zero-order chi connectivity index (χ0) is 14.2. The van der Waals surface area contributed by atoms with E-state index in [9.17, 15) is 13.2 Å². The summed E-state index contributed by atoms with van der Waals surface area (Å²) in [5, 5.41) is 0.999. The second-order valence-electron chi connectivity index (χ2n) is 4.61. The van der Waals surface area contributed by atoms with Crippen LogP contribution in [0, 0.1) is 6.07 Å². The molecule has 3 aromatic rings. The van der Waals surface area contributed by atoms with Crippen LogP contribution in [0.2, 0.25) is 0 Å². The van der Waals surface area contributed by atoms with Crippen molar-refractivity contribution in [1.82, 2.24) is 4.57 Å². The third kappa shape index (κ3) is 2.41. The molecule has 1 heterocycles. The number of fused-ring (bicyclic) bond motifs is 1. The van der Waals surface area contributed by atoms with Crippen LogP contribution in [-0.4, -0.2) is 4.57 Å². The zero-order valence-corrected chi connectivity index (χ0v) is 10.5. The molecule has 0 atom stereocenters. The Morgan fingerprint density at radius 2 is 1.65 bits per heavy atom. The molecular formula is C16H11F3N. The number of hydrogen-bond acceptors (Lipinski definition) is 0. The molecule has 0 bridgehead atoms. The summed E-state index contributed by atoms with van der Waals surface area (Å²) in [5.41, 5.74) is 1.23. The molecule has 0 amide bonds. The van der Waals surface area contributed by atoms with Crippen LogP contribution in [0.1, 0.15) is 11.1 Å². The fraction of sp³-hybridized carbons (Fsp3) is 0.125. The van der Waals surface area contributed by atoms with E-state index < -0.39 is 11.7 Å². The second-order valence-corrected chi connectivity index (χ2v) is 4.61. The van der Waals surface area contributed by atoms with Gasteiger partial charge in [-0.1, -0.05) is 30.3 Å². The number of aromatic nitrogens is 1. The Kier molecular flexibility index (Phi) is 3.01. The van der Waals surface area contributed by atoms with Crippen LogP contribution in [0.5, 0.6) is 0 Å². The van der Waals surface area contributed by atoms with Gasteiger partial charge in [0.1, 0.15) is 0 Å². The van der Waals surface area contributed by atoms with Crippen molar-refractivity contribution in [1.29, 1.82) is 0 Å². The van der Waals surface area contributed by atoms with Crippen LogP contribution in [-0.2, 0) is 12.7 Å². The molecule has 0 fully saturated rings. The van der Waals surface area contributed by atoms with Crippen LogP contribution in [0.15, 0.2) is 54.7 Å². The maximum atomic E-state index is 12.5. The summed E-state index contributed by atoms with van der Waals surface area (Å²) >= 11 is 0. The first-order valence-corrected chi connectivity index (χ1v) is 6.16. The molecule has 101 valence electrons. The Morgan fingerprint density at radius 1 is 0.950 bits per heavy atom. The van der Waals surface area contributed by atoms with Gasteiger partial charge in [0.15, 0.2) is 0 Å². The Hall–Kier alpha value is -2.23. The SMILES string of the molecule is FC(F)(F)c1ccc(Cn2c[c]c3ccccc32)cc1. The number of rotatable bonds is 2. The molecule has 0 saturated carbocycles. The molecule has 1 aromatic heterocycles. The Bertz CT molecular complexity index is 723. The zero-order valence-electron chi connectivity index (χ0n) is 10.5. The van der Waals surface area contributed by atoms with Gasteiger partial charge < -0.3 is 4.57 Å². The van der Waals surface area contributed by atoms with E-state index in [2.05, 4.69) is 6.07 Å². The van der Waals surface area contributed by atoms with E-state index >= 15 is 0 Å². The molecule has 4 heteroatoms. The smallest absolute Gasteiger partial charge is 0.342 e. The standard InChI is InChI=1S/C16H11F3N/c17-16(18,19)14-7-5-12(6-8-14)11-20-10-9-13-3-1-2-4-15(13)20/h1-8,10H,11H2. The first-order chi connectivity index (χ1) is 9.54. The monoisotopic (exact) mass is 274 g/mol. The van der Waals surface area contributed by atoms with Crippen LogP contribution < -0.4 is 0 Å². The van der Waals surface area contributed by atoms with E-state index in [4.69, 9.17) is 0 Å². The fourth-order valence-electron chi connectivity index (χ4n) is 2.19. The van der Waals surface area contributed by atoms with Crippen LogP contribution in [0.25, 0.3) is 10.9 Å². The fourth-order valence-corrected chi connectivity index (χ4v) is 2.19. The number of benzene rings is 2. The third-order valence-corrected chi connectivity index (χ3v) is 3.22. The minimum absolute atomic E-state index is 0.530. The molecule has 0 unspecified atom stereocenters. The molecule has 1 nitrogen and oxygen atoms in total. The molecule has 0 N–H and O–H groups in total. The maximum absolute atomic E-state index is 12.5. The van der Waals surface area contributed by atoms with Crippen molar-refractivity contribution in [3.8, 4) is 0 Å². The highest BCUT2D eigenvalue weighted by molar-refractivity contribution is 5.79. The number of halogens is 3. The Balaban J connectivity index is 1.88. The van der Waals surface area contributed by atoms with Crippen molar-refractivity contribution < 1.29 is 13.2 Å². The lowest BCUT2D eigenvalue weighted by Crippen LogP contribution is -2.05. The second kappa shape index (κ2) is 4.71. The molecular weight excluding hydrogens is 263 g/mol. The summed E-state index contributed by atoms with van der Waals surface area (Å²) in [5.74, 6) is 0. The predicted molar refractivity (Wildman–Crippen MR) is 71.3 cm³/mol. The number of para-hydroxylation sites is 1. The third-order valence-electron chi connectivity index (χ3n) is 3.22. The molecule has 0 aliphatic carbocycles. The number of nitrogens with zero attached hydrogens (tertiary/aromatic N) is 1. The summed E-state index contributed by atoms with van der Waals surface area (Å²) in [6.45, 7) is 0.530. The van der Waals surface area contributed by atoms with Gasteiger partial charge in [-0.05, 0) is 23.8 Å². The first kappa shape index (κ1) is 12.8. The molecule has 0 aliphatic rings. The van der Waals surface area contributed by atoms with E-state index in [0.717, 1.165) is 28.6 Å². The average Bonchev–Trinajstić information content (AvgIpc) is 2.82. The minimum Gasteiger partial charge on any atom is -0.342 e. The Labute approximate surface area is 114 Å². The molecule has 3 rings (SSSR count). The molecule has 2 aromatic carbocycles. The Morgan fingerprint density at radius 3 is 2.35 bits per heavy atom. The van der Waals surface area contributed by atoms with Crippen molar-refractivity contribution >= 4 is 10.9 Å². The van der Waals surface area contributed by atoms with E-state index in [1.807, 2.05) is 35.0 Å². The summed E-state index contributed by atoms with van der Waals surface area (Å²) in [7, 11) is 0. The van der Waals surface area contributed by atoms with Crippen molar-refractivity contribution in [3.63, 3.8) is 0 Å². The van der Waals surface area contributed by atoms with Crippen molar-refractivity contribution in [2.75, 3.05) is 0 Å². The van der Waals surface area contributed by atoms with Gasteiger partial charge in [0, 0.05) is 29.7 Å². The quantitative estimate of drug-likeness (QED) is 0.648. The summed E-state index contributed by atoms with van der Waals surface area (Å²) < 4.78 is 39.5. The number of hydrogen-bond donors (Lipinski definition) is 0. The molecule has 1 radical (unpaired) electrons. The summed E-state index contributed by atoms with van der Waals surface area (Å²) in [4.78, 5) is 0. The minimum atomic E-state index is -4.29. The first-order valence-electron chi connectivity index (χ1n) is 6.16. The maximum Gasteiger partial charge on any atom is 0.416 e. The van der Waals surface area contributed by atoms with Gasteiger partial charge in [0.05, 0.1) is 5.56 Å². The molecule has 20 heavy (non-hydrogen) atoms. The van der Waals surface area contributed by atoms with Crippen molar-refractivity contribution in [2.24, 2.45) is 0 Å². The predicted octanol–water partition coefficient (Wildman–Crippen LogP) is 4.51. The summed E-state index contributed by atoms with van der Waals surface area (Å²) in [6, 6.07) is 16.2. The molecule has 0 spiro atoms. The highest BCUT2D eigenvalue weighted by Crippen LogP contribution is 2.29. The van der Waals surface area contributed by atoms with E-state index in [1.165, 1.54) is 12.1 Å².